The van der Waals surface area contributed by atoms with Gasteiger partial charge in [-0.1, -0.05) is 122 Å². The molecule has 34 heavy (non-hydrogen) atoms. The molecule has 0 heterocycles. The first-order chi connectivity index (χ1) is 16.8. The number of hydrogen-bond donors (Lipinski definition) is 0. The third-order valence-electron chi connectivity index (χ3n) is 6.60. The van der Waals surface area contributed by atoms with Crippen LogP contribution < -0.4 is 0 Å². The molecular formula is C31H56O3. The second-order valence-electron chi connectivity index (χ2n) is 9.82. The molecule has 198 valence electrons. The van der Waals surface area contributed by atoms with E-state index in [0.29, 0.717) is 6.10 Å². The van der Waals surface area contributed by atoms with Crippen molar-refractivity contribution in [2.24, 2.45) is 0 Å². The van der Waals surface area contributed by atoms with Crippen molar-refractivity contribution >= 4 is 0 Å². The zero-order valence-electron chi connectivity index (χ0n) is 22.9. The van der Waals surface area contributed by atoms with Gasteiger partial charge in [-0.3, -0.25) is 0 Å². The van der Waals surface area contributed by atoms with E-state index in [1.807, 2.05) is 0 Å². The molecule has 1 aromatic carbocycles. The molecule has 0 amide bonds. The Hall–Kier alpha value is -0.900. The SMILES string of the molecule is CCCCCCCOC(CCCCCCC(CC)OCc1ccccc1)OCCCCCCC. The number of ether oxygens (including phenoxy) is 3. The molecule has 0 spiro atoms. The van der Waals surface area contributed by atoms with Crippen LogP contribution in [0.15, 0.2) is 30.3 Å². The summed E-state index contributed by atoms with van der Waals surface area (Å²) in [4.78, 5) is 0. The van der Waals surface area contributed by atoms with Crippen LogP contribution in [0.3, 0.4) is 0 Å². The molecule has 0 bridgehead atoms. The Balaban J connectivity index is 2.16. The third kappa shape index (κ3) is 18.4. The summed E-state index contributed by atoms with van der Waals surface area (Å²) in [7, 11) is 0. The minimum atomic E-state index is -0.00468. The monoisotopic (exact) mass is 476 g/mol. The Labute approximate surface area is 212 Å². The summed E-state index contributed by atoms with van der Waals surface area (Å²) in [6, 6.07) is 10.5. The molecular weight excluding hydrogens is 420 g/mol. The second-order valence-corrected chi connectivity index (χ2v) is 9.82. The summed E-state index contributed by atoms with van der Waals surface area (Å²) in [5, 5.41) is 0. The van der Waals surface area contributed by atoms with Crippen molar-refractivity contribution in [1.29, 1.82) is 0 Å². The Morgan fingerprint density at radius 1 is 0.559 bits per heavy atom. The predicted molar refractivity (Wildman–Crippen MR) is 146 cm³/mol. The number of rotatable bonds is 25. The highest BCUT2D eigenvalue weighted by molar-refractivity contribution is 5.13. The van der Waals surface area contributed by atoms with Gasteiger partial charge < -0.3 is 14.2 Å². The molecule has 1 rings (SSSR count). The van der Waals surface area contributed by atoms with Crippen molar-refractivity contribution in [3.8, 4) is 0 Å². The van der Waals surface area contributed by atoms with Crippen molar-refractivity contribution in [2.45, 2.75) is 149 Å². The van der Waals surface area contributed by atoms with Crippen molar-refractivity contribution in [2.75, 3.05) is 13.2 Å². The van der Waals surface area contributed by atoms with Crippen LogP contribution >= 0.6 is 0 Å². The van der Waals surface area contributed by atoms with Gasteiger partial charge in [0.25, 0.3) is 0 Å². The molecule has 0 saturated heterocycles. The topological polar surface area (TPSA) is 27.7 Å². The largest absolute Gasteiger partial charge is 0.374 e. The number of hydrogen-bond acceptors (Lipinski definition) is 3. The standard InChI is InChI=1S/C31H56O3/c1-4-7-9-13-20-26-32-31(33-27-21-14-10-8-5-2)25-19-12-11-18-24-30(6-3)34-28-29-22-16-15-17-23-29/h15-17,22-23,30-31H,4-14,18-21,24-28H2,1-3H3. The van der Waals surface area contributed by atoms with Crippen molar-refractivity contribution in [1.82, 2.24) is 0 Å². The summed E-state index contributed by atoms with van der Waals surface area (Å²) in [6.07, 6.45) is 21.4. The summed E-state index contributed by atoms with van der Waals surface area (Å²) in [6.45, 7) is 9.19. The van der Waals surface area contributed by atoms with Gasteiger partial charge in [0.1, 0.15) is 0 Å². The maximum atomic E-state index is 6.14. The molecule has 0 saturated carbocycles. The number of benzene rings is 1. The Kier molecular flexibility index (Phi) is 21.8. The van der Waals surface area contributed by atoms with Gasteiger partial charge in [-0.05, 0) is 44.1 Å². The molecule has 1 unspecified atom stereocenters. The molecule has 3 nitrogen and oxygen atoms in total. The van der Waals surface area contributed by atoms with E-state index in [9.17, 15) is 0 Å². The molecule has 1 atom stereocenters. The Morgan fingerprint density at radius 3 is 1.65 bits per heavy atom. The minimum absolute atomic E-state index is 0.00468. The summed E-state index contributed by atoms with van der Waals surface area (Å²) >= 11 is 0. The van der Waals surface area contributed by atoms with Gasteiger partial charge >= 0.3 is 0 Å². The van der Waals surface area contributed by atoms with Gasteiger partial charge in [0.15, 0.2) is 6.29 Å². The Morgan fingerprint density at radius 2 is 1.09 bits per heavy atom. The van der Waals surface area contributed by atoms with E-state index in [1.165, 1.54) is 82.6 Å². The quantitative estimate of drug-likeness (QED) is 0.104. The van der Waals surface area contributed by atoms with Gasteiger partial charge in [0.2, 0.25) is 0 Å². The highest BCUT2D eigenvalue weighted by Crippen LogP contribution is 2.16. The lowest BCUT2D eigenvalue weighted by Crippen LogP contribution is -2.19. The Bertz CT molecular complexity index is 503. The van der Waals surface area contributed by atoms with Crippen LogP contribution in [0, 0.1) is 0 Å². The molecule has 0 N–H and O–H groups in total. The number of unbranched alkanes of at least 4 members (excludes halogenated alkanes) is 11. The molecule has 1 aromatic rings. The smallest absolute Gasteiger partial charge is 0.157 e. The maximum absolute atomic E-state index is 6.14. The van der Waals surface area contributed by atoms with E-state index in [1.54, 1.807) is 0 Å². The van der Waals surface area contributed by atoms with Crippen LogP contribution in [0.25, 0.3) is 0 Å². The summed E-state index contributed by atoms with van der Waals surface area (Å²) in [5.41, 5.74) is 1.27. The predicted octanol–water partition coefficient (Wildman–Crippen LogP) is 9.62. The molecule has 0 aromatic heterocycles. The van der Waals surface area contributed by atoms with Crippen LogP contribution in [0.2, 0.25) is 0 Å². The van der Waals surface area contributed by atoms with E-state index in [2.05, 4.69) is 51.1 Å². The van der Waals surface area contributed by atoms with Gasteiger partial charge in [-0.2, -0.15) is 0 Å². The van der Waals surface area contributed by atoms with Crippen molar-refractivity contribution < 1.29 is 14.2 Å². The molecule has 0 radical (unpaired) electrons. The fourth-order valence-corrected chi connectivity index (χ4v) is 4.29. The first-order valence-electron chi connectivity index (χ1n) is 14.7. The minimum Gasteiger partial charge on any atom is -0.374 e. The van der Waals surface area contributed by atoms with Crippen LogP contribution in [0.1, 0.15) is 135 Å². The van der Waals surface area contributed by atoms with Gasteiger partial charge in [-0.15, -0.1) is 0 Å². The average Bonchev–Trinajstić information content (AvgIpc) is 2.87. The van der Waals surface area contributed by atoms with Crippen molar-refractivity contribution in [3.05, 3.63) is 35.9 Å². The highest BCUT2D eigenvalue weighted by Gasteiger charge is 2.10. The van der Waals surface area contributed by atoms with Crippen LogP contribution in [-0.2, 0) is 20.8 Å². The normalized spacial score (nSPS) is 12.5. The van der Waals surface area contributed by atoms with Gasteiger partial charge in [0, 0.05) is 13.2 Å². The fourth-order valence-electron chi connectivity index (χ4n) is 4.29. The maximum Gasteiger partial charge on any atom is 0.157 e. The van der Waals surface area contributed by atoms with Crippen molar-refractivity contribution in [3.63, 3.8) is 0 Å². The molecule has 3 heteroatoms. The van der Waals surface area contributed by atoms with Gasteiger partial charge in [-0.25, -0.2) is 0 Å². The first kappa shape index (κ1) is 31.1. The van der Waals surface area contributed by atoms with E-state index in [4.69, 9.17) is 14.2 Å². The second kappa shape index (κ2) is 23.8. The van der Waals surface area contributed by atoms with E-state index < -0.39 is 0 Å². The van der Waals surface area contributed by atoms with E-state index in [-0.39, 0.29) is 6.29 Å². The molecule has 0 aliphatic heterocycles. The molecule has 0 aliphatic carbocycles. The molecule has 0 aliphatic rings. The lowest BCUT2D eigenvalue weighted by molar-refractivity contribution is -0.148. The summed E-state index contributed by atoms with van der Waals surface area (Å²) in [5.74, 6) is 0. The van der Waals surface area contributed by atoms with E-state index >= 15 is 0 Å². The van der Waals surface area contributed by atoms with Crippen LogP contribution in [0.4, 0.5) is 0 Å². The molecule has 0 fully saturated rings. The van der Waals surface area contributed by atoms with Crippen LogP contribution in [-0.4, -0.2) is 25.6 Å². The van der Waals surface area contributed by atoms with Crippen LogP contribution in [0.5, 0.6) is 0 Å². The lowest BCUT2D eigenvalue weighted by atomic mass is 10.1. The summed E-state index contributed by atoms with van der Waals surface area (Å²) < 4.78 is 18.4. The van der Waals surface area contributed by atoms with E-state index in [0.717, 1.165) is 51.9 Å². The zero-order chi connectivity index (χ0) is 24.5. The first-order valence-corrected chi connectivity index (χ1v) is 14.7. The zero-order valence-corrected chi connectivity index (χ0v) is 22.9. The lowest BCUT2D eigenvalue weighted by Gasteiger charge is -2.19. The van der Waals surface area contributed by atoms with Gasteiger partial charge in [0.05, 0.1) is 12.7 Å². The highest BCUT2D eigenvalue weighted by atomic mass is 16.7. The average molecular weight is 477 g/mol. The third-order valence-corrected chi connectivity index (χ3v) is 6.60. The fraction of sp³-hybridized carbons (Fsp3) is 0.806.